The summed E-state index contributed by atoms with van der Waals surface area (Å²) in [7, 11) is 1.58. The van der Waals surface area contributed by atoms with Crippen LogP contribution in [0.3, 0.4) is 0 Å². The van der Waals surface area contributed by atoms with Gasteiger partial charge in [-0.3, -0.25) is 9.59 Å². The lowest BCUT2D eigenvalue weighted by atomic mass is 10.2. The van der Waals surface area contributed by atoms with Gasteiger partial charge < -0.3 is 19.7 Å². The SMILES string of the molecule is CCOc1ccc(/C=C/C(=O)Nc2cccc(N3CCCC3=O)c2)cc1OC. The van der Waals surface area contributed by atoms with Gasteiger partial charge in [0.2, 0.25) is 11.8 Å². The number of nitrogens with one attached hydrogen (secondary N) is 1. The molecule has 1 aliphatic heterocycles. The molecule has 1 saturated heterocycles. The third-order valence-corrected chi connectivity index (χ3v) is 4.41. The highest BCUT2D eigenvalue weighted by molar-refractivity contribution is 6.02. The number of anilines is 2. The molecule has 1 heterocycles. The summed E-state index contributed by atoms with van der Waals surface area (Å²) in [6.45, 7) is 3.18. The largest absolute Gasteiger partial charge is 0.493 e. The first-order valence-electron chi connectivity index (χ1n) is 9.31. The van der Waals surface area contributed by atoms with Crippen molar-refractivity contribution in [3.63, 3.8) is 0 Å². The van der Waals surface area contributed by atoms with E-state index in [1.54, 1.807) is 24.2 Å². The van der Waals surface area contributed by atoms with E-state index >= 15 is 0 Å². The van der Waals surface area contributed by atoms with Crippen molar-refractivity contribution in [3.05, 3.63) is 54.1 Å². The minimum atomic E-state index is -0.252. The average Bonchev–Trinajstić information content (AvgIpc) is 3.13. The molecule has 0 unspecified atom stereocenters. The quantitative estimate of drug-likeness (QED) is 0.741. The average molecular weight is 380 g/mol. The maximum absolute atomic E-state index is 12.3. The molecule has 28 heavy (non-hydrogen) atoms. The normalized spacial score (nSPS) is 13.8. The first kappa shape index (κ1) is 19.5. The second kappa shape index (κ2) is 9.08. The van der Waals surface area contributed by atoms with Crippen molar-refractivity contribution >= 4 is 29.3 Å². The zero-order valence-electron chi connectivity index (χ0n) is 16.1. The smallest absolute Gasteiger partial charge is 0.248 e. The Hall–Kier alpha value is -3.28. The number of ether oxygens (including phenoxy) is 2. The maximum atomic E-state index is 12.3. The van der Waals surface area contributed by atoms with Gasteiger partial charge in [0.1, 0.15) is 0 Å². The summed E-state index contributed by atoms with van der Waals surface area (Å²) in [5, 5.41) is 2.83. The van der Waals surface area contributed by atoms with E-state index in [9.17, 15) is 9.59 Å². The van der Waals surface area contributed by atoms with Crippen LogP contribution in [0.15, 0.2) is 48.5 Å². The zero-order valence-corrected chi connectivity index (χ0v) is 16.1. The van der Waals surface area contributed by atoms with E-state index in [4.69, 9.17) is 9.47 Å². The summed E-state index contributed by atoms with van der Waals surface area (Å²) in [6, 6.07) is 12.8. The summed E-state index contributed by atoms with van der Waals surface area (Å²) < 4.78 is 10.8. The van der Waals surface area contributed by atoms with Crippen LogP contribution >= 0.6 is 0 Å². The van der Waals surface area contributed by atoms with Crippen molar-refractivity contribution < 1.29 is 19.1 Å². The molecule has 146 valence electrons. The zero-order chi connectivity index (χ0) is 19.9. The molecule has 0 aromatic heterocycles. The van der Waals surface area contributed by atoms with E-state index in [1.165, 1.54) is 6.08 Å². The highest BCUT2D eigenvalue weighted by Crippen LogP contribution is 2.28. The van der Waals surface area contributed by atoms with Crippen LogP contribution in [0.4, 0.5) is 11.4 Å². The summed E-state index contributed by atoms with van der Waals surface area (Å²) in [5.74, 6) is 1.15. The van der Waals surface area contributed by atoms with Gasteiger partial charge in [-0.15, -0.1) is 0 Å². The number of carbonyl (C=O) groups excluding carboxylic acids is 2. The third kappa shape index (κ3) is 4.71. The Balaban J connectivity index is 1.66. The molecular formula is C22H24N2O4. The van der Waals surface area contributed by atoms with Gasteiger partial charge in [0, 0.05) is 30.4 Å². The van der Waals surface area contributed by atoms with Crippen molar-refractivity contribution in [2.24, 2.45) is 0 Å². The molecule has 0 spiro atoms. The number of nitrogens with zero attached hydrogens (tertiary/aromatic N) is 1. The van der Waals surface area contributed by atoms with Gasteiger partial charge in [-0.2, -0.15) is 0 Å². The molecule has 1 aliphatic rings. The lowest BCUT2D eigenvalue weighted by molar-refractivity contribution is -0.117. The topological polar surface area (TPSA) is 67.9 Å². The Morgan fingerprint density at radius 1 is 1.21 bits per heavy atom. The molecular weight excluding hydrogens is 356 g/mol. The fourth-order valence-corrected chi connectivity index (χ4v) is 3.09. The van der Waals surface area contributed by atoms with Crippen molar-refractivity contribution in [3.8, 4) is 11.5 Å². The van der Waals surface area contributed by atoms with Gasteiger partial charge in [0.25, 0.3) is 0 Å². The van der Waals surface area contributed by atoms with E-state index in [0.29, 0.717) is 30.2 Å². The fraction of sp³-hybridized carbons (Fsp3) is 0.273. The molecule has 2 amide bonds. The Morgan fingerprint density at radius 3 is 2.79 bits per heavy atom. The van der Waals surface area contributed by atoms with Gasteiger partial charge in [-0.25, -0.2) is 0 Å². The summed E-state index contributed by atoms with van der Waals surface area (Å²) >= 11 is 0. The molecule has 0 atom stereocenters. The lowest BCUT2D eigenvalue weighted by Gasteiger charge is -2.16. The van der Waals surface area contributed by atoms with Crippen LogP contribution in [-0.2, 0) is 9.59 Å². The van der Waals surface area contributed by atoms with Crippen LogP contribution in [0, 0.1) is 0 Å². The molecule has 6 heteroatoms. The van der Waals surface area contributed by atoms with Crippen LogP contribution in [-0.4, -0.2) is 32.1 Å². The van der Waals surface area contributed by atoms with Crippen LogP contribution < -0.4 is 19.7 Å². The standard InChI is InChI=1S/C22H24N2O4/c1-3-28-19-11-9-16(14-20(19)27-2)10-12-21(25)23-17-6-4-7-18(15-17)24-13-5-8-22(24)26/h4,6-7,9-12,14-15H,3,5,8,13H2,1-2H3,(H,23,25)/b12-10+. The Kier molecular flexibility index (Phi) is 6.32. The first-order chi connectivity index (χ1) is 13.6. The van der Waals surface area contributed by atoms with Gasteiger partial charge in [-0.05, 0) is 55.3 Å². The van der Waals surface area contributed by atoms with Crippen molar-refractivity contribution in [1.29, 1.82) is 0 Å². The van der Waals surface area contributed by atoms with E-state index in [2.05, 4.69) is 5.32 Å². The number of rotatable bonds is 7. The first-order valence-corrected chi connectivity index (χ1v) is 9.31. The number of methoxy groups -OCH3 is 1. The summed E-state index contributed by atoms with van der Waals surface area (Å²) in [6.07, 6.45) is 4.61. The van der Waals surface area contributed by atoms with Crippen molar-refractivity contribution in [2.75, 3.05) is 30.5 Å². The molecule has 0 radical (unpaired) electrons. The van der Waals surface area contributed by atoms with E-state index in [0.717, 1.165) is 24.2 Å². The number of carbonyl (C=O) groups is 2. The second-order valence-corrected chi connectivity index (χ2v) is 6.37. The van der Waals surface area contributed by atoms with Gasteiger partial charge in [0.05, 0.1) is 13.7 Å². The third-order valence-electron chi connectivity index (χ3n) is 4.41. The predicted octanol–water partition coefficient (Wildman–Crippen LogP) is 3.87. The Bertz CT molecular complexity index is 892. The molecule has 2 aromatic carbocycles. The molecule has 1 fully saturated rings. The second-order valence-electron chi connectivity index (χ2n) is 6.37. The Morgan fingerprint density at radius 2 is 2.07 bits per heavy atom. The minimum absolute atomic E-state index is 0.118. The molecule has 0 saturated carbocycles. The number of benzene rings is 2. The highest BCUT2D eigenvalue weighted by atomic mass is 16.5. The van der Waals surface area contributed by atoms with Gasteiger partial charge >= 0.3 is 0 Å². The summed E-state index contributed by atoms with van der Waals surface area (Å²) in [4.78, 5) is 25.9. The predicted molar refractivity (Wildman–Crippen MR) is 110 cm³/mol. The van der Waals surface area contributed by atoms with Gasteiger partial charge in [0.15, 0.2) is 11.5 Å². The van der Waals surface area contributed by atoms with Crippen LogP contribution in [0.1, 0.15) is 25.3 Å². The molecule has 0 bridgehead atoms. The van der Waals surface area contributed by atoms with Gasteiger partial charge in [-0.1, -0.05) is 12.1 Å². The highest BCUT2D eigenvalue weighted by Gasteiger charge is 2.21. The van der Waals surface area contributed by atoms with E-state index < -0.39 is 0 Å². The van der Waals surface area contributed by atoms with E-state index in [-0.39, 0.29) is 11.8 Å². The van der Waals surface area contributed by atoms with Crippen LogP contribution in [0.25, 0.3) is 6.08 Å². The molecule has 1 N–H and O–H groups in total. The monoisotopic (exact) mass is 380 g/mol. The number of hydrogen-bond acceptors (Lipinski definition) is 4. The molecule has 0 aliphatic carbocycles. The van der Waals surface area contributed by atoms with Crippen molar-refractivity contribution in [1.82, 2.24) is 0 Å². The fourth-order valence-electron chi connectivity index (χ4n) is 3.09. The lowest BCUT2D eigenvalue weighted by Crippen LogP contribution is -2.23. The molecule has 3 rings (SSSR count). The maximum Gasteiger partial charge on any atom is 0.248 e. The number of amides is 2. The Labute approximate surface area is 164 Å². The molecule has 6 nitrogen and oxygen atoms in total. The van der Waals surface area contributed by atoms with Crippen LogP contribution in [0.5, 0.6) is 11.5 Å². The minimum Gasteiger partial charge on any atom is -0.493 e. The number of hydrogen-bond donors (Lipinski definition) is 1. The summed E-state index contributed by atoms with van der Waals surface area (Å²) in [5.41, 5.74) is 2.28. The van der Waals surface area contributed by atoms with Crippen LogP contribution in [0.2, 0.25) is 0 Å². The molecule has 2 aromatic rings. The van der Waals surface area contributed by atoms with Crippen molar-refractivity contribution in [2.45, 2.75) is 19.8 Å². The van der Waals surface area contributed by atoms with E-state index in [1.807, 2.05) is 43.3 Å².